The van der Waals surface area contributed by atoms with Crippen LogP contribution in [0.5, 0.6) is 0 Å². The van der Waals surface area contributed by atoms with Crippen molar-refractivity contribution in [1.82, 2.24) is 14.1 Å². The summed E-state index contributed by atoms with van der Waals surface area (Å²) in [5.41, 5.74) is 0.348. The lowest BCUT2D eigenvalue weighted by molar-refractivity contribution is -0.133. The maximum atomic E-state index is 13.2. The van der Waals surface area contributed by atoms with E-state index in [1.807, 2.05) is 0 Å². The average molecular weight is 449 g/mol. The van der Waals surface area contributed by atoms with Crippen molar-refractivity contribution >= 4 is 27.5 Å². The minimum absolute atomic E-state index is 0.0159. The average Bonchev–Trinajstić information content (AvgIpc) is 2.74. The van der Waals surface area contributed by atoms with Gasteiger partial charge in [-0.15, -0.1) is 0 Å². The van der Waals surface area contributed by atoms with Crippen molar-refractivity contribution in [3.63, 3.8) is 0 Å². The lowest BCUT2D eigenvalue weighted by Crippen LogP contribution is -2.52. The Morgan fingerprint density at radius 2 is 1.68 bits per heavy atom. The van der Waals surface area contributed by atoms with Crippen LogP contribution in [0, 0.1) is 5.82 Å². The van der Waals surface area contributed by atoms with E-state index in [0.29, 0.717) is 5.69 Å². The Kier molecular flexibility index (Phi) is 7.37. The van der Waals surface area contributed by atoms with Gasteiger partial charge in [-0.05, 0) is 37.4 Å². The molecule has 0 unspecified atom stereocenters. The topological polar surface area (TPSA) is 90.0 Å². The van der Waals surface area contributed by atoms with Crippen molar-refractivity contribution in [3.8, 4) is 0 Å². The van der Waals surface area contributed by atoms with Crippen molar-refractivity contribution < 1.29 is 22.4 Å². The summed E-state index contributed by atoms with van der Waals surface area (Å²) in [5.74, 6) is -0.993. The first-order chi connectivity index (χ1) is 14.8. The highest BCUT2D eigenvalue weighted by Crippen LogP contribution is 2.17. The minimum Gasteiger partial charge on any atom is -0.339 e. The number of sulfonamides is 1. The molecular weight excluding hydrogens is 423 g/mol. The largest absolute Gasteiger partial charge is 0.339 e. The van der Waals surface area contributed by atoms with Crippen LogP contribution < -0.4 is 5.32 Å². The third kappa shape index (κ3) is 6.09. The molecule has 1 N–H and O–H groups in total. The van der Waals surface area contributed by atoms with E-state index >= 15 is 0 Å². The van der Waals surface area contributed by atoms with Gasteiger partial charge in [0.1, 0.15) is 5.82 Å². The number of carbonyl (C=O) groups excluding carboxylic acids is 2. The van der Waals surface area contributed by atoms with E-state index in [-0.39, 0.29) is 56.0 Å². The summed E-state index contributed by atoms with van der Waals surface area (Å²) >= 11 is 0. The molecule has 1 aliphatic heterocycles. The van der Waals surface area contributed by atoms with Crippen LogP contribution in [0.1, 0.15) is 0 Å². The van der Waals surface area contributed by atoms with Gasteiger partial charge in [0.05, 0.1) is 18.0 Å². The molecule has 1 heterocycles. The SMILES string of the molecule is CN(CC(=O)Nc1cccc(F)c1)CC(=O)N1CCN(S(=O)(=O)c2ccccc2)CC1. The van der Waals surface area contributed by atoms with E-state index in [9.17, 15) is 22.4 Å². The lowest BCUT2D eigenvalue weighted by atomic mass is 10.3. The van der Waals surface area contributed by atoms with Crippen LogP contribution in [-0.2, 0) is 19.6 Å². The fourth-order valence-corrected chi connectivity index (χ4v) is 4.76. The predicted octanol–water partition coefficient (Wildman–Crippen LogP) is 1.23. The van der Waals surface area contributed by atoms with Crippen LogP contribution in [0.25, 0.3) is 0 Å². The molecule has 0 radical (unpaired) electrons. The smallest absolute Gasteiger partial charge is 0.243 e. The molecule has 0 spiro atoms. The molecule has 1 aliphatic rings. The van der Waals surface area contributed by atoms with Crippen molar-refractivity contribution in [1.29, 1.82) is 0 Å². The molecule has 0 saturated carbocycles. The van der Waals surface area contributed by atoms with Gasteiger partial charge >= 0.3 is 0 Å². The number of benzene rings is 2. The summed E-state index contributed by atoms with van der Waals surface area (Å²) in [7, 11) is -1.94. The van der Waals surface area contributed by atoms with Crippen LogP contribution in [0.3, 0.4) is 0 Å². The molecule has 166 valence electrons. The van der Waals surface area contributed by atoms with E-state index in [2.05, 4.69) is 5.32 Å². The second-order valence-corrected chi connectivity index (χ2v) is 9.27. The molecule has 10 heteroatoms. The third-order valence-electron chi connectivity index (χ3n) is 4.90. The molecule has 2 aromatic carbocycles. The zero-order valence-corrected chi connectivity index (χ0v) is 18.0. The minimum atomic E-state index is -3.58. The Balaban J connectivity index is 1.46. The van der Waals surface area contributed by atoms with Gasteiger partial charge in [0.15, 0.2) is 0 Å². The Morgan fingerprint density at radius 3 is 2.32 bits per heavy atom. The molecule has 0 bridgehead atoms. The molecule has 0 atom stereocenters. The van der Waals surface area contributed by atoms with E-state index in [1.54, 1.807) is 53.2 Å². The molecule has 3 rings (SSSR count). The fraction of sp³-hybridized carbons (Fsp3) is 0.333. The van der Waals surface area contributed by atoms with Crippen LogP contribution >= 0.6 is 0 Å². The van der Waals surface area contributed by atoms with Crippen LogP contribution in [0.15, 0.2) is 59.5 Å². The van der Waals surface area contributed by atoms with Gasteiger partial charge in [-0.2, -0.15) is 4.31 Å². The molecule has 1 fully saturated rings. The van der Waals surface area contributed by atoms with Gasteiger partial charge in [-0.1, -0.05) is 24.3 Å². The van der Waals surface area contributed by atoms with E-state index in [1.165, 1.54) is 22.5 Å². The summed E-state index contributed by atoms with van der Waals surface area (Å²) in [6, 6.07) is 13.8. The first-order valence-electron chi connectivity index (χ1n) is 9.82. The molecule has 31 heavy (non-hydrogen) atoms. The van der Waals surface area contributed by atoms with Crippen LogP contribution in [0.4, 0.5) is 10.1 Å². The Hall–Kier alpha value is -2.82. The van der Waals surface area contributed by atoms with Gasteiger partial charge in [0.2, 0.25) is 21.8 Å². The lowest BCUT2D eigenvalue weighted by Gasteiger charge is -2.34. The zero-order chi connectivity index (χ0) is 22.4. The summed E-state index contributed by atoms with van der Waals surface area (Å²) < 4.78 is 39.9. The van der Waals surface area contributed by atoms with Gasteiger partial charge in [-0.3, -0.25) is 14.5 Å². The number of carbonyl (C=O) groups is 2. The first kappa shape index (κ1) is 22.9. The summed E-state index contributed by atoms with van der Waals surface area (Å²) in [5, 5.41) is 2.59. The zero-order valence-electron chi connectivity index (χ0n) is 17.2. The number of hydrogen-bond donors (Lipinski definition) is 1. The Morgan fingerprint density at radius 1 is 1.00 bits per heavy atom. The fourth-order valence-electron chi connectivity index (χ4n) is 3.32. The number of amides is 2. The molecule has 0 aromatic heterocycles. The molecule has 2 amide bonds. The maximum absolute atomic E-state index is 13.2. The highest BCUT2D eigenvalue weighted by molar-refractivity contribution is 7.89. The summed E-state index contributed by atoms with van der Waals surface area (Å²) in [6.45, 7) is 0.981. The van der Waals surface area contributed by atoms with Gasteiger partial charge in [0.25, 0.3) is 0 Å². The van der Waals surface area contributed by atoms with Gasteiger partial charge < -0.3 is 10.2 Å². The van der Waals surface area contributed by atoms with Crippen molar-refractivity contribution in [3.05, 3.63) is 60.4 Å². The molecule has 0 aliphatic carbocycles. The summed E-state index contributed by atoms with van der Waals surface area (Å²) in [4.78, 5) is 28.1. The van der Waals surface area contributed by atoms with Crippen molar-refractivity contribution in [2.24, 2.45) is 0 Å². The van der Waals surface area contributed by atoms with Gasteiger partial charge in [0, 0.05) is 31.9 Å². The second kappa shape index (κ2) is 9.99. The number of nitrogens with one attached hydrogen (secondary N) is 1. The van der Waals surface area contributed by atoms with E-state index < -0.39 is 15.8 Å². The third-order valence-corrected chi connectivity index (χ3v) is 6.81. The number of anilines is 1. The normalized spacial score (nSPS) is 15.1. The Bertz CT molecular complexity index is 1020. The number of nitrogens with zero attached hydrogens (tertiary/aromatic N) is 3. The van der Waals surface area contributed by atoms with Gasteiger partial charge in [-0.25, -0.2) is 12.8 Å². The quantitative estimate of drug-likeness (QED) is 0.688. The van der Waals surface area contributed by atoms with E-state index in [4.69, 9.17) is 0 Å². The van der Waals surface area contributed by atoms with Crippen molar-refractivity contribution in [2.75, 3.05) is 51.6 Å². The number of likely N-dealkylation sites (N-methyl/N-ethyl adjacent to an activating group) is 1. The predicted molar refractivity (Wildman–Crippen MR) is 114 cm³/mol. The maximum Gasteiger partial charge on any atom is 0.243 e. The van der Waals surface area contributed by atoms with Crippen LogP contribution in [0.2, 0.25) is 0 Å². The molecule has 1 saturated heterocycles. The number of halogens is 1. The molecular formula is C21H25FN4O4S. The standard InChI is InChI=1S/C21H25FN4O4S/c1-24(15-20(27)23-18-7-5-6-17(22)14-18)16-21(28)25-10-12-26(13-11-25)31(29,30)19-8-3-2-4-9-19/h2-9,14H,10-13,15-16H2,1H3,(H,23,27). The number of rotatable bonds is 7. The second-order valence-electron chi connectivity index (χ2n) is 7.33. The van der Waals surface area contributed by atoms with Crippen LogP contribution in [-0.4, -0.2) is 80.7 Å². The number of hydrogen-bond acceptors (Lipinski definition) is 5. The number of piperazine rings is 1. The highest BCUT2D eigenvalue weighted by Gasteiger charge is 2.30. The Labute approximate surface area is 181 Å². The molecule has 8 nitrogen and oxygen atoms in total. The van der Waals surface area contributed by atoms with E-state index in [0.717, 1.165) is 0 Å². The first-order valence-corrected chi connectivity index (χ1v) is 11.3. The summed E-state index contributed by atoms with van der Waals surface area (Å²) in [6.07, 6.45) is 0. The molecule has 2 aromatic rings. The van der Waals surface area contributed by atoms with Crippen molar-refractivity contribution in [2.45, 2.75) is 4.90 Å². The highest BCUT2D eigenvalue weighted by atomic mass is 32.2. The monoisotopic (exact) mass is 448 g/mol.